The molecule has 0 atom stereocenters. The number of nitrogens with two attached hydrogens (primary N) is 1. The van der Waals surface area contributed by atoms with Gasteiger partial charge in [0.15, 0.2) is 0 Å². The maximum atomic E-state index is 6.03. The second-order valence-corrected chi connectivity index (χ2v) is 4.16. The van der Waals surface area contributed by atoms with Crippen molar-refractivity contribution in [2.24, 2.45) is 0 Å². The van der Waals surface area contributed by atoms with Gasteiger partial charge in [0.2, 0.25) is 0 Å². The summed E-state index contributed by atoms with van der Waals surface area (Å²) in [4.78, 5) is 2.32. The van der Waals surface area contributed by atoms with E-state index in [1.54, 1.807) is 12.5 Å². The zero-order valence-electron chi connectivity index (χ0n) is 9.02. The third-order valence-corrected chi connectivity index (χ3v) is 3.07. The standard InChI is InChI=1S/C13H14N2O/c14-12-3-1-2-11-4-6-15(13(11)12)8-10-5-7-16-9-10/h1-3,5,7,9H,4,6,8,14H2. The highest BCUT2D eigenvalue weighted by Crippen LogP contribution is 2.34. The van der Waals surface area contributed by atoms with Gasteiger partial charge in [0.25, 0.3) is 0 Å². The normalized spacial score (nSPS) is 14.1. The molecule has 1 aromatic heterocycles. The highest BCUT2D eigenvalue weighted by atomic mass is 16.3. The van der Waals surface area contributed by atoms with Crippen LogP contribution < -0.4 is 10.6 Å². The Bertz CT molecular complexity index is 491. The molecule has 0 unspecified atom stereocenters. The fraction of sp³-hybridized carbons (Fsp3) is 0.231. The minimum absolute atomic E-state index is 0.873. The van der Waals surface area contributed by atoms with Crippen molar-refractivity contribution in [3.05, 3.63) is 47.9 Å². The van der Waals surface area contributed by atoms with Crippen molar-refractivity contribution in [2.75, 3.05) is 17.2 Å². The van der Waals surface area contributed by atoms with Crippen molar-refractivity contribution < 1.29 is 4.42 Å². The molecular weight excluding hydrogens is 200 g/mol. The lowest BCUT2D eigenvalue weighted by atomic mass is 10.1. The van der Waals surface area contributed by atoms with Gasteiger partial charge in [-0.05, 0) is 24.1 Å². The first-order valence-electron chi connectivity index (χ1n) is 5.48. The molecular formula is C13H14N2O. The van der Waals surface area contributed by atoms with Gasteiger partial charge < -0.3 is 15.1 Å². The molecule has 0 saturated carbocycles. The number of anilines is 2. The van der Waals surface area contributed by atoms with Crippen LogP contribution in [0.1, 0.15) is 11.1 Å². The summed E-state index contributed by atoms with van der Waals surface area (Å²) in [7, 11) is 0. The summed E-state index contributed by atoms with van der Waals surface area (Å²) in [6, 6.07) is 8.14. The van der Waals surface area contributed by atoms with E-state index in [-0.39, 0.29) is 0 Å². The number of rotatable bonds is 2. The molecule has 1 aromatic carbocycles. The molecule has 82 valence electrons. The van der Waals surface area contributed by atoms with E-state index in [0.717, 1.165) is 25.2 Å². The van der Waals surface area contributed by atoms with Crippen LogP contribution in [0.2, 0.25) is 0 Å². The monoisotopic (exact) mass is 214 g/mol. The van der Waals surface area contributed by atoms with Crippen LogP contribution in [0.15, 0.2) is 41.2 Å². The number of nitrogen functional groups attached to an aromatic ring is 1. The Morgan fingerprint density at radius 2 is 2.25 bits per heavy atom. The topological polar surface area (TPSA) is 42.4 Å². The summed E-state index contributed by atoms with van der Waals surface area (Å²) in [5.74, 6) is 0. The molecule has 0 amide bonds. The van der Waals surface area contributed by atoms with Crippen LogP contribution in [0, 0.1) is 0 Å². The molecule has 16 heavy (non-hydrogen) atoms. The SMILES string of the molecule is Nc1cccc2c1N(Cc1ccoc1)CC2. The van der Waals surface area contributed by atoms with Crippen LogP contribution >= 0.6 is 0 Å². The number of fused-ring (bicyclic) bond motifs is 1. The number of nitrogens with zero attached hydrogens (tertiary/aromatic N) is 1. The summed E-state index contributed by atoms with van der Waals surface area (Å²) in [5, 5.41) is 0. The van der Waals surface area contributed by atoms with Gasteiger partial charge in [0, 0.05) is 18.7 Å². The predicted octanol–water partition coefficient (Wildman–Crippen LogP) is 2.42. The van der Waals surface area contributed by atoms with E-state index in [4.69, 9.17) is 10.2 Å². The van der Waals surface area contributed by atoms with E-state index in [2.05, 4.69) is 11.0 Å². The van der Waals surface area contributed by atoms with Gasteiger partial charge in [0.05, 0.1) is 23.9 Å². The van der Waals surface area contributed by atoms with Gasteiger partial charge in [-0.1, -0.05) is 12.1 Å². The quantitative estimate of drug-likeness (QED) is 0.781. The number of para-hydroxylation sites is 1. The average molecular weight is 214 g/mol. The average Bonchev–Trinajstić information content (AvgIpc) is 2.90. The molecule has 1 aliphatic heterocycles. The summed E-state index contributed by atoms with van der Waals surface area (Å²) in [5.41, 5.74) is 10.6. The first-order valence-corrected chi connectivity index (χ1v) is 5.48. The van der Waals surface area contributed by atoms with Crippen molar-refractivity contribution in [3.63, 3.8) is 0 Å². The third-order valence-electron chi connectivity index (χ3n) is 3.07. The summed E-state index contributed by atoms with van der Waals surface area (Å²) >= 11 is 0. The fourth-order valence-electron chi connectivity index (χ4n) is 2.33. The molecule has 3 rings (SSSR count). The van der Waals surface area contributed by atoms with Gasteiger partial charge >= 0.3 is 0 Å². The Balaban J connectivity index is 1.91. The number of hydrogen-bond donors (Lipinski definition) is 1. The highest BCUT2D eigenvalue weighted by molar-refractivity contribution is 5.74. The minimum atomic E-state index is 0.873. The van der Waals surface area contributed by atoms with Crippen molar-refractivity contribution in [1.29, 1.82) is 0 Å². The first kappa shape index (κ1) is 9.33. The molecule has 2 N–H and O–H groups in total. The largest absolute Gasteiger partial charge is 0.472 e. The molecule has 3 nitrogen and oxygen atoms in total. The number of hydrogen-bond acceptors (Lipinski definition) is 3. The number of benzene rings is 1. The zero-order valence-corrected chi connectivity index (χ0v) is 9.02. The summed E-state index contributed by atoms with van der Waals surface area (Å²) < 4.78 is 5.09. The van der Waals surface area contributed by atoms with Crippen molar-refractivity contribution in [3.8, 4) is 0 Å². The lowest BCUT2D eigenvalue weighted by Crippen LogP contribution is -2.20. The summed E-state index contributed by atoms with van der Waals surface area (Å²) in [6.07, 6.45) is 4.58. The van der Waals surface area contributed by atoms with Crippen molar-refractivity contribution in [2.45, 2.75) is 13.0 Å². The molecule has 0 aliphatic carbocycles. The van der Waals surface area contributed by atoms with Crippen LogP contribution in [0.25, 0.3) is 0 Å². The Kier molecular flexibility index (Phi) is 2.10. The lowest BCUT2D eigenvalue weighted by Gasteiger charge is -2.19. The molecule has 0 bridgehead atoms. The van der Waals surface area contributed by atoms with Crippen LogP contribution in [0.3, 0.4) is 0 Å². The Morgan fingerprint density at radius 1 is 1.31 bits per heavy atom. The van der Waals surface area contributed by atoms with E-state index in [1.165, 1.54) is 16.8 Å². The Morgan fingerprint density at radius 3 is 3.06 bits per heavy atom. The predicted molar refractivity (Wildman–Crippen MR) is 64.3 cm³/mol. The third kappa shape index (κ3) is 1.45. The second kappa shape index (κ2) is 3.59. The van der Waals surface area contributed by atoms with E-state index in [9.17, 15) is 0 Å². The van der Waals surface area contributed by atoms with Crippen LogP contribution in [0.5, 0.6) is 0 Å². The van der Waals surface area contributed by atoms with E-state index >= 15 is 0 Å². The molecule has 1 aliphatic rings. The molecule has 0 saturated heterocycles. The van der Waals surface area contributed by atoms with Crippen molar-refractivity contribution >= 4 is 11.4 Å². The van der Waals surface area contributed by atoms with Crippen molar-refractivity contribution in [1.82, 2.24) is 0 Å². The molecule has 0 spiro atoms. The Hall–Kier alpha value is -1.90. The minimum Gasteiger partial charge on any atom is -0.472 e. The van der Waals surface area contributed by atoms with Gasteiger partial charge in [0.1, 0.15) is 0 Å². The van der Waals surface area contributed by atoms with E-state index in [0.29, 0.717) is 0 Å². The van der Waals surface area contributed by atoms with Crippen LogP contribution in [-0.2, 0) is 13.0 Å². The van der Waals surface area contributed by atoms with Gasteiger partial charge in [-0.15, -0.1) is 0 Å². The van der Waals surface area contributed by atoms with Gasteiger partial charge in [-0.25, -0.2) is 0 Å². The molecule has 0 radical (unpaired) electrons. The first-order chi connectivity index (χ1) is 7.84. The molecule has 2 aromatic rings. The maximum Gasteiger partial charge on any atom is 0.0952 e. The second-order valence-electron chi connectivity index (χ2n) is 4.16. The molecule has 3 heteroatoms. The number of furan rings is 1. The fourth-order valence-corrected chi connectivity index (χ4v) is 2.33. The van der Waals surface area contributed by atoms with Crippen LogP contribution in [0.4, 0.5) is 11.4 Å². The lowest BCUT2D eigenvalue weighted by molar-refractivity contribution is 0.563. The Labute approximate surface area is 94.5 Å². The highest BCUT2D eigenvalue weighted by Gasteiger charge is 2.21. The summed E-state index contributed by atoms with van der Waals surface area (Å²) in [6.45, 7) is 1.91. The smallest absolute Gasteiger partial charge is 0.0952 e. The van der Waals surface area contributed by atoms with E-state index in [1.807, 2.05) is 18.2 Å². The van der Waals surface area contributed by atoms with E-state index < -0.39 is 0 Å². The van der Waals surface area contributed by atoms with Crippen LogP contribution in [-0.4, -0.2) is 6.54 Å². The maximum absolute atomic E-state index is 6.03. The van der Waals surface area contributed by atoms with Gasteiger partial charge in [-0.2, -0.15) is 0 Å². The molecule has 0 fully saturated rings. The molecule has 2 heterocycles. The zero-order chi connectivity index (χ0) is 11.0. The van der Waals surface area contributed by atoms with Gasteiger partial charge in [-0.3, -0.25) is 0 Å².